The van der Waals surface area contributed by atoms with Gasteiger partial charge in [-0.15, -0.1) is 11.8 Å². The van der Waals surface area contributed by atoms with Crippen LogP contribution in [0, 0.1) is 0 Å². The van der Waals surface area contributed by atoms with Gasteiger partial charge >= 0.3 is 0 Å². The van der Waals surface area contributed by atoms with Gasteiger partial charge in [-0.2, -0.15) is 0 Å². The number of rotatable bonds is 2. The molecule has 0 atom stereocenters. The van der Waals surface area contributed by atoms with Crippen molar-refractivity contribution < 1.29 is 4.79 Å². The van der Waals surface area contributed by atoms with Gasteiger partial charge in [0.1, 0.15) is 0 Å². The average molecular weight is 274 g/mol. The van der Waals surface area contributed by atoms with Crippen molar-refractivity contribution in [3.8, 4) is 0 Å². The van der Waals surface area contributed by atoms with Gasteiger partial charge in [-0.1, -0.05) is 29.3 Å². The summed E-state index contributed by atoms with van der Waals surface area (Å²) in [6.45, 7) is 0.535. The summed E-state index contributed by atoms with van der Waals surface area (Å²) in [5.41, 5.74) is 0.972. The van der Waals surface area contributed by atoms with Gasteiger partial charge in [0.05, 0.1) is 22.3 Å². The van der Waals surface area contributed by atoms with Crippen LogP contribution in [0.4, 0.5) is 0 Å². The lowest BCUT2D eigenvalue weighted by Crippen LogP contribution is -2.28. The minimum absolute atomic E-state index is 0.110. The molecule has 1 aliphatic heterocycles. The first kappa shape index (κ1) is 11.8. The number of hydrogen-bond donors (Lipinski definition) is 0. The minimum atomic E-state index is 0.110. The molecule has 0 aliphatic carbocycles. The lowest BCUT2D eigenvalue weighted by atomic mass is 10.2. The number of carbonyl (C=O) groups is 1. The van der Waals surface area contributed by atoms with E-state index in [0.29, 0.717) is 22.3 Å². The molecule has 0 fully saturated rings. The molecule has 0 unspecified atom stereocenters. The van der Waals surface area contributed by atoms with E-state index >= 15 is 0 Å². The maximum Gasteiger partial charge on any atom is 0.237 e. The second-order valence-electron chi connectivity index (χ2n) is 3.37. The van der Waals surface area contributed by atoms with Crippen LogP contribution in [-0.2, 0) is 11.3 Å². The molecular weight excluding hydrogens is 265 g/mol. The highest BCUT2D eigenvalue weighted by Gasteiger charge is 2.14. The van der Waals surface area contributed by atoms with Crippen LogP contribution in [0.2, 0.25) is 10.0 Å². The van der Waals surface area contributed by atoms with E-state index in [4.69, 9.17) is 23.2 Å². The molecule has 0 saturated carbocycles. The molecule has 1 aromatic rings. The summed E-state index contributed by atoms with van der Waals surface area (Å²) in [6, 6.07) is 5.40. The summed E-state index contributed by atoms with van der Waals surface area (Å²) in [5.74, 6) is 0.608. The van der Waals surface area contributed by atoms with Gasteiger partial charge < -0.3 is 4.90 Å². The largest absolute Gasteiger partial charge is 0.313 e. The van der Waals surface area contributed by atoms with Crippen molar-refractivity contribution >= 4 is 40.9 Å². The van der Waals surface area contributed by atoms with Gasteiger partial charge in [-0.25, -0.2) is 0 Å². The normalized spacial score (nSPS) is 15.6. The number of carbonyl (C=O) groups excluding carboxylic acids is 1. The maximum absolute atomic E-state index is 11.5. The standard InChI is InChI=1S/C11H9Cl2NOS/c12-9-2-1-8(5-10(9)13)6-14-3-4-16-7-11(14)15/h1-5H,6-7H2. The summed E-state index contributed by atoms with van der Waals surface area (Å²) in [7, 11) is 0. The fourth-order valence-corrected chi connectivity index (χ4v) is 2.34. The molecule has 0 aromatic heterocycles. The van der Waals surface area contributed by atoms with Crippen molar-refractivity contribution in [3.05, 3.63) is 45.4 Å². The van der Waals surface area contributed by atoms with Crippen molar-refractivity contribution in [1.82, 2.24) is 4.90 Å². The van der Waals surface area contributed by atoms with E-state index in [1.807, 2.05) is 11.5 Å². The zero-order chi connectivity index (χ0) is 11.5. The molecule has 0 N–H and O–H groups in total. The van der Waals surface area contributed by atoms with Crippen molar-refractivity contribution in [2.45, 2.75) is 6.54 Å². The van der Waals surface area contributed by atoms with Crippen LogP contribution in [0.5, 0.6) is 0 Å². The molecule has 5 heteroatoms. The number of benzene rings is 1. The molecule has 1 aromatic carbocycles. The first-order valence-electron chi connectivity index (χ1n) is 4.68. The molecule has 0 saturated heterocycles. The molecule has 1 amide bonds. The lowest BCUT2D eigenvalue weighted by molar-refractivity contribution is -0.126. The smallest absolute Gasteiger partial charge is 0.237 e. The Kier molecular flexibility index (Phi) is 3.79. The highest BCUT2D eigenvalue weighted by atomic mass is 35.5. The Labute approximate surface area is 108 Å². The third-order valence-corrected chi connectivity index (χ3v) is 3.67. The molecule has 84 valence electrons. The summed E-state index contributed by atoms with van der Waals surface area (Å²) in [6.07, 6.45) is 1.79. The van der Waals surface area contributed by atoms with Crippen molar-refractivity contribution in [1.29, 1.82) is 0 Å². The zero-order valence-corrected chi connectivity index (χ0v) is 10.6. The summed E-state index contributed by atoms with van der Waals surface area (Å²) < 4.78 is 0. The molecule has 1 heterocycles. The molecule has 2 nitrogen and oxygen atoms in total. The highest BCUT2D eigenvalue weighted by molar-refractivity contribution is 8.02. The fourth-order valence-electron chi connectivity index (χ4n) is 1.38. The summed E-state index contributed by atoms with van der Waals surface area (Å²) in [5, 5.41) is 2.96. The van der Waals surface area contributed by atoms with Gasteiger partial charge in [-0.3, -0.25) is 4.79 Å². The van der Waals surface area contributed by atoms with Crippen molar-refractivity contribution in [3.63, 3.8) is 0 Å². The Bertz CT molecular complexity index is 448. The van der Waals surface area contributed by atoms with Gasteiger partial charge in [0.25, 0.3) is 0 Å². The first-order chi connectivity index (χ1) is 7.66. The van der Waals surface area contributed by atoms with Crippen molar-refractivity contribution in [2.75, 3.05) is 5.75 Å². The van der Waals surface area contributed by atoms with E-state index in [1.54, 1.807) is 23.2 Å². The molecule has 0 bridgehead atoms. The number of amides is 1. The van der Waals surface area contributed by atoms with E-state index in [9.17, 15) is 4.79 Å². The Morgan fingerprint density at radius 1 is 1.31 bits per heavy atom. The SMILES string of the molecule is O=C1CSC=CN1Cc1ccc(Cl)c(Cl)c1. The quantitative estimate of drug-likeness (QED) is 0.822. The Hall–Kier alpha value is -0.640. The number of halogens is 2. The third kappa shape index (κ3) is 2.73. The molecule has 16 heavy (non-hydrogen) atoms. The summed E-state index contributed by atoms with van der Waals surface area (Å²) >= 11 is 13.2. The van der Waals surface area contributed by atoms with E-state index in [2.05, 4.69) is 0 Å². The van der Waals surface area contributed by atoms with Gasteiger partial charge in [0.15, 0.2) is 0 Å². The van der Waals surface area contributed by atoms with Gasteiger partial charge in [0.2, 0.25) is 5.91 Å². The van der Waals surface area contributed by atoms with Crippen LogP contribution >= 0.6 is 35.0 Å². The topological polar surface area (TPSA) is 20.3 Å². The van der Waals surface area contributed by atoms with E-state index in [-0.39, 0.29) is 5.91 Å². The predicted molar refractivity (Wildman–Crippen MR) is 68.6 cm³/mol. The Morgan fingerprint density at radius 3 is 2.81 bits per heavy atom. The second-order valence-corrected chi connectivity index (χ2v) is 5.07. The van der Waals surface area contributed by atoms with E-state index < -0.39 is 0 Å². The van der Waals surface area contributed by atoms with Gasteiger partial charge in [-0.05, 0) is 23.1 Å². The van der Waals surface area contributed by atoms with Crippen molar-refractivity contribution in [2.24, 2.45) is 0 Å². The first-order valence-corrected chi connectivity index (χ1v) is 6.49. The van der Waals surface area contributed by atoms with Crippen LogP contribution in [0.15, 0.2) is 29.8 Å². The number of thioether (sulfide) groups is 1. The van der Waals surface area contributed by atoms with E-state index in [0.717, 1.165) is 5.56 Å². The maximum atomic E-state index is 11.5. The van der Waals surface area contributed by atoms with Gasteiger partial charge in [0, 0.05) is 6.20 Å². The molecular formula is C11H9Cl2NOS. The monoisotopic (exact) mass is 273 g/mol. The molecule has 2 rings (SSSR count). The molecule has 0 spiro atoms. The lowest BCUT2D eigenvalue weighted by Gasteiger charge is -2.21. The highest BCUT2D eigenvalue weighted by Crippen LogP contribution is 2.24. The fraction of sp³-hybridized carbons (Fsp3) is 0.182. The average Bonchev–Trinajstić information content (AvgIpc) is 2.27. The zero-order valence-electron chi connectivity index (χ0n) is 8.32. The van der Waals surface area contributed by atoms with Crippen LogP contribution in [-0.4, -0.2) is 16.6 Å². The Morgan fingerprint density at radius 2 is 2.12 bits per heavy atom. The van der Waals surface area contributed by atoms with Crippen LogP contribution < -0.4 is 0 Å². The third-order valence-electron chi connectivity index (χ3n) is 2.20. The van der Waals surface area contributed by atoms with Crippen LogP contribution in [0.3, 0.4) is 0 Å². The number of nitrogens with zero attached hydrogens (tertiary/aromatic N) is 1. The molecule has 1 aliphatic rings. The Balaban J connectivity index is 2.14. The predicted octanol–water partition coefficient (Wildman–Crippen LogP) is 3.54. The summed E-state index contributed by atoms with van der Waals surface area (Å²) in [4.78, 5) is 13.2. The van der Waals surface area contributed by atoms with Crippen LogP contribution in [0.25, 0.3) is 0 Å². The van der Waals surface area contributed by atoms with Crippen LogP contribution in [0.1, 0.15) is 5.56 Å². The second kappa shape index (κ2) is 5.13. The minimum Gasteiger partial charge on any atom is -0.313 e. The number of hydrogen-bond acceptors (Lipinski definition) is 2. The molecule has 0 radical (unpaired) electrons. The van der Waals surface area contributed by atoms with E-state index in [1.165, 1.54) is 11.8 Å².